The van der Waals surface area contributed by atoms with Gasteiger partial charge in [0.1, 0.15) is 11.6 Å². The summed E-state index contributed by atoms with van der Waals surface area (Å²) in [5.41, 5.74) is 0.779. The number of nitrogens with zero attached hydrogens (tertiary/aromatic N) is 4. The van der Waals surface area contributed by atoms with E-state index in [0.29, 0.717) is 26.0 Å². The maximum atomic E-state index is 10.8. The Morgan fingerprint density at radius 3 is 2.48 bits per heavy atom. The highest BCUT2D eigenvalue weighted by atomic mass is 79.9. The third-order valence-corrected chi connectivity index (χ3v) is 3.85. The molecule has 0 saturated heterocycles. The second kappa shape index (κ2) is 5.83. The maximum Gasteiger partial charge on any atom is 0.271 e. The Hall–Kier alpha value is -1.92. The zero-order valence-corrected chi connectivity index (χ0v) is 14.1. The lowest BCUT2D eigenvalue weighted by Crippen LogP contribution is -1.98. The van der Waals surface area contributed by atoms with E-state index >= 15 is 0 Å². The van der Waals surface area contributed by atoms with Crippen molar-refractivity contribution in [3.8, 4) is 17.7 Å². The molecule has 0 fully saturated rings. The fourth-order valence-corrected chi connectivity index (χ4v) is 3.05. The SMILES string of the molecule is Cc1nn(C)c(Oc2c(Br)cc([N+](=O)[O-])cc2Br)c1C#N. The van der Waals surface area contributed by atoms with Crippen LogP contribution in [0.1, 0.15) is 11.3 Å². The van der Waals surface area contributed by atoms with Gasteiger partial charge < -0.3 is 4.74 Å². The van der Waals surface area contributed by atoms with Crippen LogP contribution in [0.5, 0.6) is 11.6 Å². The van der Waals surface area contributed by atoms with Gasteiger partial charge in [0, 0.05) is 19.2 Å². The molecule has 0 bridgehead atoms. The molecule has 108 valence electrons. The van der Waals surface area contributed by atoms with Crippen LogP contribution in [0.4, 0.5) is 5.69 Å². The molecular formula is C12H8Br2N4O3. The first-order valence-corrected chi connectivity index (χ1v) is 7.18. The van der Waals surface area contributed by atoms with E-state index in [1.54, 1.807) is 14.0 Å². The van der Waals surface area contributed by atoms with E-state index in [1.807, 2.05) is 6.07 Å². The Morgan fingerprint density at radius 2 is 2.00 bits per heavy atom. The summed E-state index contributed by atoms with van der Waals surface area (Å²) in [4.78, 5) is 10.3. The van der Waals surface area contributed by atoms with Crippen molar-refractivity contribution in [1.29, 1.82) is 5.26 Å². The molecule has 9 heteroatoms. The molecule has 0 radical (unpaired) electrons. The second-order valence-corrected chi connectivity index (χ2v) is 5.81. The third-order valence-electron chi connectivity index (χ3n) is 2.67. The zero-order chi connectivity index (χ0) is 15.7. The molecular weight excluding hydrogens is 408 g/mol. The van der Waals surface area contributed by atoms with Crippen LogP contribution in [-0.2, 0) is 7.05 Å². The Labute approximate surface area is 136 Å². The molecule has 0 unspecified atom stereocenters. The van der Waals surface area contributed by atoms with Crippen molar-refractivity contribution in [2.75, 3.05) is 0 Å². The smallest absolute Gasteiger partial charge is 0.271 e. The van der Waals surface area contributed by atoms with Crippen LogP contribution < -0.4 is 4.74 Å². The van der Waals surface area contributed by atoms with Crippen molar-refractivity contribution in [1.82, 2.24) is 9.78 Å². The van der Waals surface area contributed by atoms with E-state index in [-0.39, 0.29) is 11.6 Å². The number of aromatic nitrogens is 2. The number of aryl methyl sites for hydroxylation is 2. The maximum absolute atomic E-state index is 10.8. The molecule has 2 rings (SSSR count). The van der Waals surface area contributed by atoms with Crippen LogP contribution in [0.25, 0.3) is 0 Å². The summed E-state index contributed by atoms with van der Waals surface area (Å²) >= 11 is 6.46. The molecule has 21 heavy (non-hydrogen) atoms. The highest BCUT2D eigenvalue weighted by Gasteiger charge is 2.20. The van der Waals surface area contributed by atoms with Gasteiger partial charge >= 0.3 is 0 Å². The molecule has 1 aromatic heterocycles. The summed E-state index contributed by atoms with van der Waals surface area (Å²) in [5.74, 6) is 0.602. The summed E-state index contributed by atoms with van der Waals surface area (Å²) in [6.45, 7) is 1.70. The highest BCUT2D eigenvalue weighted by molar-refractivity contribution is 9.11. The average Bonchev–Trinajstić information content (AvgIpc) is 2.67. The number of benzene rings is 1. The Kier molecular flexibility index (Phi) is 4.29. The summed E-state index contributed by atoms with van der Waals surface area (Å²) in [5, 5.41) is 24.1. The monoisotopic (exact) mass is 414 g/mol. The lowest BCUT2D eigenvalue weighted by molar-refractivity contribution is -0.385. The normalized spacial score (nSPS) is 10.2. The van der Waals surface area contributed by atoms with E-state index in [9.17, 15) is 10.1 Å². The average molecular weight is 416 g/mol. The van der Waals surface area contributed by atoms with Crippen molar-refractivity contribution in [3.05, 3.63) is 42.4 Å². The molecule has 0 saturated carbocycles. The minimum atomic E-state index is -0.506. The van der Waals surface area contributed by atoms with Crippen LogP contribution in [0, 0.1) is 28.4 Å². The predicted octanol–water partition coefficient (Wildman–Crippen LogP) is 3.83. The number of nitro benzene ring substituents is 1. The Balaban J connectivity index is 2.51. The molecule has 0 N–H and O–H groups in total. The largest absolute Gasteiger partial charge is 0.435 e. The first-order chi connectivity index (χ1) is 9.85. The fourth-order valence-electron chi connectivity index (χ4n) is 1.73. The number of hydrogen-bond donors (Lipinski definition) is 0. The topological polar surface area (TPSA) is 94.0 Å². The molecule has 0 aliphatic rings. The van der Waals surface area contributed by atoms with Gasteiger partial charge in [0.05, 0.1) is 19.6 Å². The van der Waals surface area contributed by atoms with Crippen molar-refractivity contribution < 1.29 is 9.66 Å². The van der Waals surface area contributed by atoms with E-state index in [2.05, 4.69) is 37.0 Å². The number of rotatable bonds is 3. The fraction of sp³-hybridized carbons (Fsp3) is 0.167. The standard InChI is InChI=1S/C12H8Br2N4O3/c1-6-8(5-15)12(17(2)16-6)21-11-9(13)3-7(18(19)20)4-10(11)14/h3-4H,1-2H3. The van der Waals surface area contributed by atoms with E-state index in [4.69, 9.17) is 10.00 Å². The van der Waals surface area contributed by atoms with Crippen molar-refractivity contribution in [2.24, 2.45) is 7.05 Å². The number of hydrogen-bond acceptors (Lipinski definition) is 5. The molecule has 0 atom stereocenters. The van der Waals surface area contributed by atoms with Gasteiger partial charge in [0.15, 0.2) is 5.75 Å². The van der Waals surface area contributed by atoms with Crippen molar-refractivity contribution in [2.45, 2.75) is 6.92 Å². The van der Waals surface area contributed by atoms with Crippen LogP contribution in [0.2, 0.25) is 0 Å². The summed E-state index contributed by atoms with van der Waals surface area (Å²) in [6.07, 6.45) is 0. The van der Waals surface area contributed by atoms with Gasteiger partial charge in [0.2, 0.25) is 5.88 Å². The van der Waals surface area contributed by atoms with Crippen LogP contribution in [0.15, 0.2) is 21.1 Å². The highest BCUT2D eigenvalue weighted by Crippen LogP contribution is 2.40. The number of nitriles is 1. The Morgan fingerprint density at radius 1 is 1.43 bits per heavy atom. The van der Waals surface area contributed by atoms with Gasteiger partial charge in [-0.3, -0.25) is 10.1 Å². The number of halogens is 2. The minimum Gasteiger partial charge on any atom is -0.435 e. The molecule has 0 aliphatic heterocycles. The van der Waals surface area contributed by atoms with Gasteiger partial charge in [-0.15, -0.1) is 0 Å². The van der Waals surface area contributed by atoms with Crippen LogP contribution >= 0.6 is 31.9 Å². The van der Waals surface area contributed by atoms with Gasteiger partial charge in [-0.05, 0) is 38.8 Å². The predicted molar refractivity (Wildman–Crippen MR) is 81.2 cm³/mol. The van der Waals surface area contributed by atoms with E-state index in [1.165, 1.54) is 16.8 Å². The van der Waals surface area contributed by atoms with Crippen molar-refractivity contribution in [3.63, 3.8) is 0 Å². The quantitative estimate of drug-likeness (QED) is 0.560. The molecule has 2 aromatic rings. The van der Waals surface area contributed by atoms with Crippen molar-refractivity contribution >= 4 is 37.5 Å². The summed E-state index contributed by atoms with van der Waals surface area (Å²) < 4.78 is 7.94. The summed E-state index contributed by atoms with van der Waals surface area (Å²) in [6, 6.07) is 4.68. The first kappa shape index (κ1) is 15.5. The molecule has 0 amide bonds. The van der Waals surface area contributed by atoms with Gasteiger partial charge in [-0.25, -0.2) is 4.68 Å². The number of ether oxygens (including phenoxy) is 1. The van der Waals surface area contributed by atoms with Gasteiger partial charge in [-0.1, -0.05) is 0 Å². The third kappa shape index (κ3) is 2.91. The molecule has 0 aliphatic carbocycles. The first-order valence-electron chi connectivity index (χ1n) is 5.60. The lowest BCUT2D eigenvalue weighted by atomic mass is 10.3. The minimum absolute atomic E-state index is 0.0807. The molecule has 1 heterocycles. The van der Waals surface area contributed by atoms with Crippen LogP contribution in [-0.4, -0.2) is 14.7 Å². The lowest BCUT2D eigenvalue weighted by Gasteiger charge is -2.10. The zero-order valence-electron chi connectivity index (χ0n) is 10.9. The van der Waals surface area contributed by atoms with E-state index < -0.39 is 4.92 Å². The Bertz CT molecular complexity index is 757. The van der Waals surface area contributed by atoms with Gasteiger partial charge in [-0.2, -0.15) is 10.4 Å². The summed E-state index contributed by atoms with van der Waals surface area (Å²) in [7, 11) is 1.65. The number of non-ortho nitro benzene ring substituents is 1. The number of nitro groups is 1. The van der Waals surface area contributed by atoms with E-state index in [0.717, 1.165) is 0 Å². The molecule has 1 aromatic carbocycles. The molecule has 0 spiro atoms. The van der Waals surface area contributed by atoms with Gasteiger partial charge in [0.25, 0.3) is 5.69 Å². The molecule has 7 nitrogen and oxygen atoms in total. The van der Waals surface area contributed by atoms with Crippen LogP contribution in [0.3, 0.4) is 0 Å². The second-order valence-electron chi connectivity index (χ2n) is 4.10.